The van der Waals surface area contributed by atoms with Crippen LogP contribution in [-0.2, 0) is 6.54 Å². The molecule has 0 aliphatic heterocycles. The Labute approximate surface area is 214 Å². The number of halogens is 1. The molecule has 1 N–H and O–H groups in total. The van der Waals surface area contributed by atoms with Crippen molar-refractivity contribution in [3.8, 4) is 17.0 Å². The molecule has 5 nitrogen and oxygen atoms in total. The Morgan fingerprint density at radius 3 is 2.50 bits per heavy atom. The molecule has 0 unspecified atom stereocenters. The molecule has 3 aromatic carbocycles. The molecule has 1 heterocycles. The molecule has 0 spiro atoms. The van der Waals surface area contributed by atoms with E-state index in [-0.39, 0.29) is 11.7 Å². The summed E-state index contributed by atoms with van der Waals surface area (Å²) in [6, 6.07) is 23.8. The Kier molecular flexibility index (Phi) is 7.57. The summed E-state index contributed by atoms with van der Waals surface area (Å²) in [4.78, 5) is 19.4. The lowest BCUT2D eigenvalue weighted by molar-refractivity contribution is 0.0952. The second kappa shape index (κ2) is 11.4. The number of nitrogens with zero attached hydrogens (tertiary/aromatic N) is 2. The second-order valence-corrected chi connectivity index (χ2v) is 9.79. The van der Waals surface area contributed by atoms with Crippen molar-refractivity contribution in [3.63, 3.8) is 0 Å². The van der Waals surface area contributed by atoms with E-state index in [1.165, 1.54) is 25.0 Å². The minimum atomic E-state index is -0.265. The monoisotopic (exact) mass is 501 g/mol. The standard InChI is InChI=1S/C29H28FN3O2S/c30-25-14-12-23(13-15-25)27-20-36-29(32-27)33(16-17-35-26-4-2-1-3-5-26)19-22-8-10-24(11-9-22)28(34)31-18-21-6-7-21/h1-5,8-15,20-21H,6-7,16-19H2,(H,31,34). The van der Waals surface area contributed by atoms with Gasteiger partial charge in [-0.1, -0.05) is 30.3 Å². The lowest BCUT2D eigenvalue weighted by Gasteiger charge is -2.22. The largest absolute Gasteiger partial charge is 0.492 e. The minimum Gasteiger partial charge on any atom is -0.492 e. The maximum Gasteiger partial charge on any atom is 0.251 e. The first kappa shape index (κ1) is 24.0. The number of benzene rings is 3. The smallest absolute Gasteiger partial charge is 0.251 e. The first-order valence-electron chi connectivity index (χ1n) is 12.2. The van der Waals surface area contributed by atoms with E-state index in [1.54, 1.807) is 23.5 Å². The fourth-order valence-electron chi connectivity index (χ4n) is 3.84. The molecular weight excluding hydrogens is 473 g/mol. The topological polar surface area (TPSA) is 54.5 Å². The summed E-state index contributed by atoms with van der Waals surface area (Å²) in [7, 11) is 0. The maximum atomic E-state index is 13.4. The van der Waals surface area contributed by atoms with Gasteiger partial charge in [-0.05, 0) is 72.9 Å². The first-order valence-corrected chi connectivity index (χ1v) is 13.0. The highest BCUT2D eigenvalue weighted by molar-refractivity contribution is 7.14. The Hall–Kier alpha value is -3.71. The van der Waals surface area contributed by atoms with Crippen LogP contribution in [0.3, 0.4) is 0 Å². The third kappa shape index (κ3) is 6.49. The van der Waals surface area contributed by atoms with Gasteiger partial charge in [0, 0.05) is 29.6 Å². The van der Waals surface area contributed by atoms with Crippen molar-refractivity contribution in [2.75, 3.05) is 24.6 Å². The number of amides is 1. The highest BCUT2D eigenvalue weighted by Gasteiger charge is 2.22. The summed E-state index contributed by atoms with van der Waals surface area (Å²) >= 11 is 1.55. The van der Waals surface area contributed by atoms with E-state index >= 15 is 0 Å². The van der Waals surface area contributed by atoms with Crippen LogP contribution >= 0.6 is 11.3 Å². The van der Waals surface area contributed by atoms with Gasteiger partial charge in [0.25, 0.3) is 5.91 Å². The highest BCUT2D eigenvalue weighted by atomic mass is 32.1. The van der Waals surface area contributed by atoms with Gasteiger partial charge in [-0.25, -0.2) is 9.37 Å². The normalized spacial score (nSPS) is 12.8. The third-order valence-electron chi connectivity index (χ3n) is 6.11. The predicted octanol–water partition coefficient (Wildman–Crippen LogP) is 6.17. The SMILES string of the molecule is O=C(NCC1CC1)c1ccc(CN(CCOc2ccccc2)c2nc(-c3ccc(F)cc3)cs2)cc1. The van der Waals surface area contributed by atoms with Crippen LogP contribution in [0, 0.1) is 11.7 Å². The van der Waals surface area contributed by atoms with E-state index in [9.17, 15) is 9.18 Å². The lowest BCUT2D eigenvalue weighted by atomic mass is 10.1. The van der Waals surface area contributed by atoms with Gasteiger partial charge in [-0.2, -0.15) is 0 Å². The van der Waals surface area contributed by atoms with Crippen molar-refractivity contribution in [1.82, 2.24) is 10.3 Å². The highest BCUT2D eigenvalue weighted by Crippen LogP contribution is 2.29. The van der Waals surface area contributed by atoms with E-state index in [0.717, 1.165) is 34.2 Å². The summed E-state index contributed by atoms with van der Waals surface area (Å²) in [5.74, 6) is 1.19. The molecule has 1 saturated carbocycles. The van der Waals surface area contributed by atoms with Gasteiger partial charge in [-0.15, -0.1) is 11.3 Å². The number of rotatable bonds is 11. The van der Waals surface area contributed by atoms with E-state index in [4.69, 9.17) is 9.72 Å². The molecule has 5 rings (SSSR count). The van der Waals surface area contributed by atoms with Gasteiger partial charge < -0.3 is 15.0 Å². The molecule has 7 heteroatoms. The molecular formula is C29H28FN3O2S. The van der Waals surface area contributed by atoms with Crippen molar-refractivity contribution < 1.29 is 13.9 Å². The Bertz CT molecular complexity index is 1270. The maximum absolute atomic E-state index is 13.4. The molecule has 0 radical (unpaired) electrons. The summed E-state index contributed by atoms with van der Waals surface area (Å²) in [6.45, 7) is 2.51. The van der Waals surface area contributed by atoms with Crippen LogP contribution in [0.5, 0.6) is 5.75 Å². The Morgan fingerprint density at radius 2 is 1.78 bits per heavy atom. The van der Waals surface area contributed by atoms with E-state index in [0.29, 0.717) is 31.2 Å². The Morgan fingerprint density at radius 1 is 1.03 bits per heavy atom. The zero-order chi connectivity index (χ0) is 24.7. The number of hydrogen-bond donors (Lipinski definition) is 1. The van der Waals surface area contributed by atoms with Crippen LogP contribution in [0.15, 0.2) is 84.2 Å². The van der Waals surface area contributed by atoms with Crippen molar-refractivity contribution in [2.24, 2.45) is 5.92 Å². The number of thiazole rings is 1. The fourth-order valence-corrected chi connectivity index (χ4v) is 4.70. The van der Waals surface area contributed by atoms with Crippen LogP contribution in [0.4, 0.5) is 9.52 Å². The van der Waals surface area contributed by atoms with Gasteiger partial charge in [0.05, 0.1) is 12.2 Å². The quantitative estimate of drug-likeness (QED) is 0.267. The van der Waals surface area contributed by atoms with E-state index in [2.05, 4.69) is 10.2 Å². The van der Waals surface area contributed by atoms with Gasteiger partial charge in [0.2, 0.25) is 0 Å². The molecule has 4 aromatic rings. The number of aromatic nitrogens is 1. The average molecular weight is 502 g/mol. The second-order valence-electron chi connectivity index (χ2n) is 8.96. The number of carbonyl (C=O) groups excluding carboxylic acids is 1. The third-order valence-corrected chi connectivity index (χ3v) is 7.01. The van der Waals surface area contributed by atoms with Crippen LogP contribution in [0.1, 0.15) is 28.8 Å². The number of ether oxygens (including phenoxy) is 1. The van der Waals surface area contributed by atoms with E-state index < -0.39 is 0 Å². The molecule has 1 aliphatic rings. The van der Waals surface area contributed by atoms with Gasteiger partial charge in [0.15, 0.2) is 5.13 Å². The van der Waals surface area contributed by atoms with Crippen molar-refractivity contribution in [3.05, 3.63) is 101 Å². The summed E-state index contributed by atoms with van der Waals surface area (Å²) in [5.41, 5.74) is 3.44. The molecule has 36 heavy (non-hydrogen) atoms. The minimum absolute atomic E-state index is 0.0227. The number of anilines is 1. The zero-order valence-electron chi connectivity index (χ0n) is 19.9. The number of nitrogens with one attached hydrogen (secondary N) is 1. The van der Waals surface area contributed by atoms with Crippen LogP contribution in [-0.4, -0.2) is 30.6 Å². The Balaban J connectivity index is 1.28. The molecule has 1 aromatic heterocycles. The average Bonchev–Trinajstić information content (AvgIpc) is 3.62. The summed E-state index contributed by atoms with van der Waals surface area (Å²) < 4.78 is 19.3. The number of para-hydroxylation sites is 1. The predicted molar refractivity (Wildman–Crippen MR) is 142 cm³/mol. The fraction of sp³-hybridized carbons (Fsp3) is 0.241. The summed E-state index contributed by atoms with van der Waals surface area (Å²) in [5, 5.41) is 5.86. The first-order chi connectivity index (χ1) is 17.6. The summed E-state index contributed by atoms with van der Waals surface area (Å²) in [6.07, 6.45) is 2.42. The van der Waals surface area contributed by atoms with Gasteiger partial charge >= 0.3 is 0 Å². The molecule has 0 atom stereocenters. The molecule has 0 saturated heterocycles. The van der Waals surface area contributed by atoms with Crippen LogP contribution in [0.25, 0.3) is 11.3 Å². The number of hydrogen-bond acceptors (Lipinski definition) is 5. The molecule has 184 valence electrons. The molecule has 1 aliphatic carbocycles. The van der Waals surface area contributed by atoms with Crippen LogP contribution in [0.2, 0.25) is 0 Å². The molecule has 0 bridgehead atoms. The van der Waals surface area contributed by atoms with E-state index in [1.807, 2.05) is 60.0 Å². The van der Waals surface area contributed by atoms with Crippen molar-refractivity contribution in [1.29, 1.82) is 0 Å². The molecule has 1 amide bonds. The van der Waals surface area contributed by atoms with Gasteiger partial charge in [-0.3, -0.25) is 4.79 Å². The lowest BCUT2D eigenvalue weighted by Crippen LogP contribution is -2.28. The van der Waals surface area contributed by atoms with Gasteiger partial charge in [0.1, 0.15) is 18.2 Å². The number of carbonyl (C=O) groups is 1. The van der Waals surface area contributed by atoms with Crippen molar-refractivity contribution in [2.45, 2.75) is 19.4 Å². The zero-order valence-corrected chi connectivity index (χ0v) is 20.7. The van der Waals surface area contributed by atoms with Crippen LogP contribution < -0.4 is 15.0 Å². The van der Waals surface area contributed by atoms with Crippen molar-refractivity contribution >= 4 is 22.4 Å². The molecule has 1 fully saturated rings.